The molecule has 0 aromatic carbocycles. The van der Waals surface area contributed by atoms with Crippen LogP contribution in [0, 0.1) is 0 Å². The molecule has 94 valence electrons. The summed E-state index contributed by atoms with van der Waals surface area (Å²) in [5.74, 6) is 0. The number of nitrogens with zero attached hydrogens (tertiary/aromatic N) is 2. The first kappa shape index (κ1) is 12.4. The summed E-state index contributed by atoms with van der Waals surface area (Å²) in [6.07, 6.45) is 14.3. The van der Waals surface area contributed by atoms with Crippen molar-refractivity contribution in [1.29, 1.82) is 0 Å². The Bertz CT molecular complexity index is 171. The molecule has 0 aliphatic heterocycles. The van der Waals surface area contributed by atoms with E-state index in [1.165, 1.54) is 64.2 Å². The molecule has 0 bridgehead atoms. The van der Waals surface area contributed by atoms with Crippen LogP contribution in [0.15, 0.2) is 0 Å². The van der Waals surface area contributed by atoms with Crippen LogP contribution in [0.5, 0.6) is 0 Å². The molecule has 2 aliphatic carbocycles. The van der Waals surface area contributed by atoms with Crippen molar-refractivity contribution in [2.24, 2.45) is 0 Å². The second-order valence-corrected chi connectivity index (χ2v) is 5.73. The first-order valence-corrected chi connectivity index (χ1v) is 7.24. The third-order valence-electron chi connectivity index (χ3n) is 4.70. The minimum atomic E-state index is 0.820. The molecule has 0 spiro atoms. The minimum absolute atomic E-state index is 0.820. The van der Waals surface area contributed by atoms with E-state index in [9.17, 15) is 0 Å². The molecule has 0 unspecified atom stereocenters. The summed E-state index contributed by atoms with van der Waals surface area (Å²) in [5, 5.41) is 5.10. The van der Waals surface area contributed by atoms with Gasteiger partial charge in [0.25, 0.3) is 0 Å². The molecule has 0 aromatic heterocycles. The Balaban J connectivity index is 1.84. The van der Waals surface area contributed by atoms with Crippen LogP contribution in [0.2, 0.25) is 0 Å². The van der Waals surface area contributed by atoms with E-state index in [1.807, 2.05) is 0 Å². The second kappa shape index (κ2) is 6.02. The van der Waals surface area contributed by atoms with Crippen LogP contribution >= 0.6 is 0 Å². The van der Waals surface area contributed by atoms with Crippen LogP contribution < -0.4 is 0 Å². The van der Waals surface area contributed by atoms with Gasteiger partial charge in [-0.2, -0.15) is 0 Å². The quantitative estimate of drug-likeness (QED) is 0.678. The van der Waals surface area contributed by atoms with Gasteiger partial charge < -0.3 is 0 Å². The van der Waals surface area contributed by atoms with Crippen LogP contribution in [0.25, 0.3) is 0 Å². The van der Waals surface area contributed by atoms with E-state index in [1.54, 1.807) is 0 Å². The molecule has 0 aromatic rings. The molecule has 2 rings (SSSR count). The first-order chi connectivity index (χ1) is 7.79. The number of rotatable bonds is 3. The fraction of sp³-hybridized carbons (Fsp3) is 1.00. The van der Waals surface area contributed by atoms with Gasteiger partial charge in [-0.3, -0.25) is 0 Å². The van der Waals surface area contributed by atoms with Crippen molar-refractivity contribution in [3.63, 3.8) is 0 Å². The predicted octanol–water partition coefficient (Wildman–Crippen LogP) is 3.43. The molecule has 0 radical (unpaired) electrons. The van der Waals surface area contributed by atoms with Crippen molar-refractivity contribution in [2.45, 2.75) is 76.3 Å². The summed E-state index contributed by atoms with van der Waals surface area (Å²) in [5.41, 5.74) is 0. The maximum absolute atomic E-state index is 2.55. The first-order valence-electron chi connectivity index (χ1n) is 7.24. The van der Waals surface area contributed by atoms with E-state index < -0.39 is 0 Å². The van der Waals surface area contributed by atoms with Crippen molar-refractivity contribution < 1.29 is 0 Å². The zero-order valence-electron chi connectivity index (χ0n) is 11.1. The van der Waals surface area contributed by atoms with Crippen LogP contribution in [0.1, 0.15) is 64.2 Å². The van der Waals surface area contributed by atoms with E-state index in [0.717, 1.165) is 12.1 Å². The van der Waals surface area contributed by atoms with Crippen LogP contribution in [-0.4, -0.2) is 36.2 Å². The lowest BCUT2D eigenvalue weighted by Crippen LogP contribution is -2.50. The largest absolute Gasteiger partial charge is 0.242 e. The van der Waals surface area contributed by atoms with Crippen LogP contribution in [-0.2, 0) is 0 Å². The summed E-state index contributed by atoms with van der Waals surface area (Å²) in [4.78, 5) is 0. The third kappa shape index (κ3) is 2.98. The highest BCUT2D eigenvalue weighted by atomic mass is 15.6. The number of hydrogen-bond donors (Lipinski definition) is 0. The summed E-state index contributed by atoms with van der Waals surface area (Å²) in [7, 11) is 4.62. The molecule has 0 heterocycles. The van der Waals surface area contributed by atoms with Crippen molar-refractivity contribution in [3.05, 3.63) is 0 Å². The van der Waals surface area contributed by atoms with Crippen LogP contribution in [0.3, 0.4) is 0 Å². The van der Waals surface area contributed by atoms with Crippen molar-refractivity contribution in [1.82, 2.24) is 10.0 Å². The predicted molar refractivity (Wildman–Crippen MR) is 69.3 cm³/mol. The monoisotopic (exact) mass is 224 g/mol. The Morgan fingerprint density at radius 1 is 0.562 bits per heavy atom. The van der Waals surface area contributed by atoms with Gasteiger partial charge in [0.1, 0.15) is 0 Å². The molecule has 0 atom stereocenters. The minimum Gasteiger partial charge on any atom is -0.242 e. The Morgan fingerprint density at radius 2 is 0.875 bits per heavy atom. The maximum Gasteiger partial charge on any atom is 0.0242 e. The Morgan fingerprint density at radius 3 is 1.19 bits per heavy atom. The summed E-state index contributed by atoms with van der Waals surface area (Å²) in [6, 6.07) is 1.64. The fourth-order valence-corrected chi connectivity index (χ4v) is 3.42. The van der Waals surface area contributed by atoms with E-state index in [0.29, 0.717) is 0 Å². The normalized spacial score (nSPS) is 25.5. The van der Waals surface area contributed by atoms with E-state index in [-0.39, 0.29) is 0 Å². The standard InChI is InChI=1S/C14H28N2/c1-15(13-9-5-3-6-10-13)16(2)14-11-7-4-8-12-14/h13-14H,3-12H2,1-2H3. The molecule has 2 saturated carbocycles. The molecule has 0 N–H and O–H groups in total. The number of hydrazine groups is 1. The fourth-order valence-electron chi connectivity index (χ4n) is 3.42. The van der Waals surface area contributed by atoms with Crippen molar-refractivity contribution >= 4 is 0 Å². The number of hydrogen-bond acceptors (Lipinski definition) is 2. The summed E-state index contributed by atoms with van der Waals surface area (Å²) in [6.45, 7) is 0. The average molecular weight is 224 g/mol. The van der Waals surface area contributed by atoms with E-state index >= 15 is 0 Å². The molecule has 2 nitrogen and oxygen atoms in total. The van der Waals surface area contributed by atoms with Gasteiger partial charge in [0.2, 0.25) is 0 Å². The smallest absolute Gasteiger partial charge is 0.0242 e. The highest BCUT2D eigenvalue weighted by Gasteiger charge is 2.26. The highest BCUT2D eigenvalue weighted by Crippen LogP contribution is 2.27. The van der Waals surface area contributed by atoms with Gasteiger partial charge in [0, 0.05) is 26.2 Å². The van der Waals surface area contributed by atoms with Gasteiger partial charge in [0.15, 0.2) is 0 Å². The van der Waals surface area contributed by atoms with E-state index in [2.05, 4.69) is 24.1 Å². The Kier molecular flexibility index (Phi) is 4.66. The zero-order valence-corrected chi connectivity index (χ0v) is 11.1. The lowest BCUT2D eigenvalue weighted by Gasteiger charge is -2.42. The van der Waals surface area contributed by atoms with Gasteiger partial charge in [-0.1, -0.05) is 38.5 Å². The topological polar surface area (TPSA) is 6.48 Å². The molecule has 0 saturated heterocycles. The third-order valence-corrected chi connectivity index (χ3v) is 4.70. The van der Waals surface area contributed by atoms with Gasteiger partial charge in [-0.05, 0) is 25.7 Å². The molecule has 0 amide bonds. The average Bonchev–Trinajstić information content (AvgIpc) is 2.39. The lowest BCUT2D eigenvalue weighted by atomic mass is 9.93. The molecule has 2 aliphatic rings. The summed E-state index contributed by atoms with van der Waals surface area (Å²) < 4.78 is 0. The van der Waals surface area contributed by atoms with Gasteiger partial charge in [-0.15, -0.1) is 0 Å². The molecule has 2 fully saturated rings. The molecule has 2 heteroatoms. The van der Waals surface area contributed by atoms with Crippen molar-refractivity contribution in [2.75, 3.05) is 14.1 Å². The van der Waals surface area contributed by atoms with Gasteiger partial charge >= 0.3 is 0 Å². The summed E-state index contributed by atoms with van der Waals surface area (Å²) >= 11 is 0. The molecule has 16 heavy (non-hydrogen) atoms. The highest BCUT2D eigenvalue weighted by molar-refractivity contribution is 4.77. The van der Waals surface area contributed by atoms with Gasteiger partial charge in [-0.25, -0.2) is 10.0 Å². The second-order valence-electron chi connectivity index (χ2n) is 5.73. The van der Waals surface area contributed by atoms with Gasteiger partial charge in [0.05, 0.1) is 0 Å². The molecular weight excluding hydrogens is 196 g/mol. The Labute approximate surface area is 101 Å². The molecular formula is C14H28N2. The Hall–Kier alpha value is -0.0800. The van der Waals surface area contributed by atoms with Crippen molar-refractivity contribution in [3.8, 4) is 0 Å². The van der Waals surface area contributed by atoms with Crippen LogP contribution in [0.4, 0.5) is 0 Å². The SMILES string of the molecule is CN(C1CCCCC1)N(C)C1CCCCC1. The lowest BCUT2D eigenvalue weighted by molar-refractivity contribution is -0.0676. The zero-order chi connectivity index (χ0) is 11.4. The van der Waals surface area contributed by atoms with E-state index in [4.69, 9.17) is 0 Å². The maximum atomic E-state index is 2.55.